The number of benzene rings is 1. The molecule has 2 aromatic rings. The van der Waals surface area contributed by atoms with E-state index >= 15 is 0 Å². The lowest BCUT2D eigenvalue weighted by atomic mass is 10.2. The molecule has 1 aromatic carbocycles. The van der Waals surface area contributed by atoms with Gasteiger partial charge in [0.1, 0.15) is 20.2 Å². The number of hydrogen-bond acceptors (Lipinski definition) is 13. The van der Waals surface area contributed by atoms with Crippen LogP contribution in [0.1, 0.15) is 5.69 Å². The van der Waals surface area contributed by atoms with Gasteiger partial charge in [-0.05, 0) is 12.1 Å². The minimum absolute atomic E-state index is 0.0351. The van der Waals surface area contributed by atoms with E-state index in [4.69, 9.17) is 19.2 Å². The Morgan fingerprint density at radius 3 is 1.71 bits per heavy atom. The van der Waals surface area contributed by atoms with Crippen molar-refractivity contribution in [1.82, 2.24) is 24.6 Å². The smallest absolute Gasteiger partial charge is 0.317 e. The fraction of sp³-hybridized carbons (Fsp3) is 0.462. The van der Waals surface area contributed by atoms with Crippen molar-refractivity contribution < 1.29 is 48.4 Å². The van der Waals surface area contributed by atoms with Crippen molar-refractivity contribution in [2.24, 2.45) is 0 Å². The zero-order valence-electron chi connectivity index (χ0n) is 22.6. The SMILES string of the molecule is O=COCN(CCN(COC=O)COC=O)CCN(CCN(CC(=O)O)CC(=O)O)Cc1ccc2ccccc2n1. The summed E-state index contributed by atoms with van der Waals surface area (Å²) < 4.78 is 14.5. The number of aliphatic carboxylic acids is 2. The standard InChI is InChI=1S/C26H35N5O10/c32-19-39-16-29(10-12-31(17-40-20-33)18-41-21-34)9-7-28(8-11-30(14-25(35)36)15-26(37)38)13-23-6-5-22-3-1-2-4-24(22)27-23/h1-6,19-21H,7-18H2,(H,35,36)(H,37,38). The Balaban J connectivity index is 2.14. The number of carbonyl (C=O) groups excluding carboxylic acids is 3. The van der Waals surface area contributed by atoms with Gasteiger partial charge in [0, 0.05) is 51.2 Å². The lowest BCUT2D eigenvalue weighted by Crippen LogP contribution is -2.44. The number of fused-ring (bicyclic) bond motifs is 1. The van der Waals surface area contributed by atoms with Crippen molar-refractivity contribution >= 4 is 42.3 Å². The van der Waals surface area contributed by atoms with E-state index in [0.29, 0.717) is 45.7 Å². The van der Waals surface area contributed by atoms with Gasteiger partial charge in [0.25, 0.3) is 19.4 Å². The van der Waals surface area contributed by atoms with Crippen molar-refractivity contribution in [2.75, 3.05) is 72.6 Å². The molecular weight excluding hydrogens is 542 g/mol. The zero-order valence-corrected chi connectivity index (χ0v) is 22.6. The van der Waals surface area contributed by atoms with Crippen molar-refractivity contribution in [2.45, 2.75) is 6.54 Å². The maximum absolute atomic E-state index is 11.3. The summed E-state index contributed by atoms with van der Waals surface area (Å²) >= 11 is 0. The van der Waals surface area contributed by atoms with Gasteiger partial charge in [0.05, 0.1) is 24.3 Å². The van der Waals surface area contributed by atoms with E-state index in [9.17, 15) is 34.2 Å². The van der Waals surface area contributed by atoms with E-state index in [1.807, 2.05) is 46.2 Å². The normalized spacial score (nSPS) is 11.2. The average Bonchev–Trinajstić information content (AvgIpc) is 2.95. The zero-order chi connectivity index (χ0) is 29.9. The van der Waals surface area contributed by atoms with E-state index in [-0.39, 0.29) is 39.7 Å². The molecule has 0 aliphatic rings. The second-order valence-corrected chi connectivity index (χ2v) is 8.96. The van der Waals surface area contributed by atoms with Crippen molar-refractivity contribution in [3.63, 3.8) is 0 Å². The van der Waals surface area contributed by atoms with Gasteiger partial charge < -0.3 is 24.4 Å². The number of carbonyl (C=O) groups is 5. The molecule has 15 heteroatoms. The maximum Gasteiger partial charge on any atom is 0.317 e. The van der Waals surface area contributed by atoms with Crippen LogP contribution in [0.3, 0.4) is 0 Å². The number of carboxylic acids is 2. The Morgan fingerprint density at radius 2 is 1.15 bits per heavy atom. The van der Waals surface area contributed by atoms with Crippen LogP contribution >= 0.6 is 0 Å². The molecule has 0 atom stereocenters. The van der Waals surface area contributed by atoms with E-state index in [1.165, 1.54) is 4.90 Å². The number of hydrogen-bond donors (Lipinski definition) is 2. The van der Waals surface area contributed by atoms with E-state index in [0.717, 1.165) is 16.6 Å². The molecular formula is C26H35N5O10. The summed E-state index contributed by atoms with van der Waals surface area (Å²) in [6, 6.07) is 11.5. The Kier molecular flexibility index (Phi) is 15.3. The van der Waals surface area contributed by atoms with Crippen LogP contribution in [-0.2, 0) is 44.7 Å². The molecule has 0 unspecified atom stereocenters. The second kappa shape index (κ2) is 19.0. The van der Waals surface area contributed by atoms with Gasteiger partial charge in [-0.3, -0.25) is 43.7 Å². The van der Waals surface area contributed by atoms with Crippen molar-refractivity contribution in [3.8, 4) is 0 Å². The number of aromatic nitrogens is 1. The van der Waals surface area contributed by atoms with Crippen LogP contribution in [0.15, 0.2) is 36.4 Å². The first kappa shape index (κ1) is 33.0. The molecule has 0 fully saturated rings. The highest BCUT2D eigenvalue weighted by Crippen LogP contribution is 2.13. The largest absolute Gasteiger partial charge is 0.480 e. The van der Waals surface area contributed by atoms with Crippen LogP contribution in [0.2, 0.25) is 0 Å². The molecule has 1 heterocycles. The van der Waals surface area contributed by atoms with Gasteiger partial charge in [-0.15, -0.1) is 0 Å². The maximum atomic E-state index is 11.3. The Hall–Kier alpha value is -4.18. The van der Waals surface area contributed by atoms with Crippen molar-refractivity contribution in [3.05, 3.63) is 42.1 Å². The summed E-state index contributed by atoms with van der Waals surface area (Å²) in [6.45, 7) is 2.18. The van der Waals surface area contributed by atoms with Gasteiger partial charge in [0.2, 0.25) is 0 Å². The molecule has 0 radical (unpaired) electrons. The monoisotopic (exact) mass is 577 g/mol. The number of carboxylic acid groups (broad SMARTS) is 2. The first-order valence-electron chi connectivity index (χ1n) is 12.7. The summed E-state index contributed by atoms with van der Waals surface area (Å²) in [7, 11) is 0. The lowest BCUT2D eigenvalue weighted by molar-refractivity contribution is -0.143. The topological polar surface area (TPSA) is 179 Å². The minimum atomic E-state index is -1.13. The summed E-state index contributed by atoms with van der Waals surface area (Å²) in [5, 5.41) is 19.4. The van der Waals surface area contributed by atoms with Crippen LogP contribution in [0, 0.1) is 0 Å². The fourth-order valence-electron chi connectivity index (χ4n) is 3.96. The third kappa shape index (κ3) is 13.6. The fourth-order valence-corrected chi connectivity index (χ4v) is 3.96. The molecule has 0 saturated carbocycles. The van der Waals surface area contributed by atoms with Crippen LogP contribution in [0.25, 0.3) is 10.9 Å². The molecule has 2 rings (SSSR count). The molecule has 0 spiro atoms. The van der Waals surface area contributed by atoms with E-state index in [2.05, 4.69) is 0 Å². The predicted molar refractivity (Wildman–Crippen MR) is 143 cm³/mol. The molecule has 15 nitrogen and oxygen atoms in total. The highest BCUT2D eigenvalue weighted by molar-refractivity contribution is 5.78. The summed E-state index contributed by atoms with van der Waals surface area (Å²) in [5.41, 5.74) is 1.59. The quantitative estimate of drug-likeness (QED) is 0.0926. The van der Waals surface area contributed by atoms with Gasteiger partial charge in [-0.2, -0.15) is 0 Å². The molecule has 0 bridgehead atoms. The first-order valence-corrected chi connectivity index (χ1v) is 12.7. The van der Waals surface area contributed by atoms with Crippen LogP contribution < -0.4 is 0 Å². The van der Waals surface area contributed by atoms with Gasteiger partial charge >= 0.3 is 11.9 Å². The number of ether oxygens (including phenoxy) is 3. The predicted octanol–water partition coefficient (Wildman–Crippen LogP) is -0.496. The molecule has 41 heavy (non-hydrogen) atoms. The number of pyridine rings is 1. The van der Waals surface area contributed by atoms with Gasteiger partial charge in [-0.1, -0.05) is 24.3 Å². The Morgan fingerprint density at radius 1 is 0.659 bits per heavy atom. The lowest BCUT2D eigenvalue weighted by Gasteiger charge is -2.30. The second-order valence-electron chi connectivity index (χ2n) is 8.96. The van der Waals surface area contributed by atoms with E-state index in [1.54, 1.807) is 4.90 Å². The van der Waals surface area contributed by atoms with Gasteiger partial charge in [0.15, 0.2) is 0 Å². The highest BCUT2D eigenvalue weighted by atomic mass is 16.6. The molecule has 0 aliphatic heterocycles. The molecule has 2 N–H and O–H groups in total. The third-order valence-corrected chi connectivity index (χ3v) is 5.93. The average molecular weight is 578 g/mol. The minimum Gasteiger partial charge on any atom is -0.480 e. The number of rotatable bonds is 24. The molecule has 0 amide bonds. The Labute approximate surface area is 236 Å². The number of nitrogens with zero attached hydrogens (tertiary/aromatic N) is 5. The molecule has 0 aliphatic carbocycles. The summed E-state index contributed by atoms with van der Waals surface area (Å²) in [4.78, 5) is 66.0. The first-order chi connectivity index (χ1) is 19.8. The van der Waals surface area contributed by atoms with Crippen LogP contribution in [0.4, 0.5) is 0 Å². The van der Waals surface area contributed by atoms with Gasteiger partial charge in [-0.25, -0.2) is 4.90 Å². The molecule has 0 saturated heterocycles. The molecule has 224 valence electrons. The summed E-state index contributed by atoms with van der Waals surface area (Å²) in [5.74, 6) is -2.26. The van der Waals surface area contributed by atoms with E-state index < -0.39 is 25.0 Å². The van der Waals surface area contributed by atoms with Crippen LogP contribution in [-0.4, -0.2) is 139 Å². The summed E-state index contributed by atoms with van der Waals surface area (Å²) in [6.07, 6.45) is 0. The third-order valence-electron chi connectivity index (χ3n) is 5.93. The highest BCUT2D eigenvalue weighted by Gasteiger charge is 2.18. The Bertz CT molecular complexity index is 1090. The molecule has 1 aromatic heterocycles. The van der Waals surface area contributed by atoms with Crippen molar-refractivity contribution in [1.29, 1.82) is 0 Å². The number of para-hydroxylation sites is 1. The van der Waals surface area contributed by atoms with Crippen LogP contribution in [0.5, 0.6) is 0 Å².